The Morgan fingerprint density at radius 2 is 1.15 bits per heavy atom. The number of carbonyl (C=O) groups is 1. The molecular weight excluding hydrogens is 326 g/mol. The van der Waals surface area contributed by atoms with Crippen LogP contribution in [0.1, 0.15) is 18.1 Å². The normalized spacial score (nSPS) is 12.3. The van der Waals surface area contributed by atoms with Crippen molar-refractivity contribution in [3.8, 4) is 0 Å². The maximum atomic E-state index is 8.89. The number of nitrogen functional groups attached to an aromatic ring is 2. The van der Waals surface area contributed by atoms with Gasteiger partial charge in [-0.1, -0.05) is 24.3 Å². The van der Waals surface area contributed by atoms with Gasteiger partial charge in [-0.25, -0.2) is 0 Å². The molecule has 0 radical (unpaired) electrons. The summed E-state index contributed by atoms with van der Waals surface area (Å²) in [5, 5.41) is 14.7. The lowest BCUT2D eigenvalue weighted by Gasteiger charge is -2.13. The molecule has 6 N–H and O–H groups in total. The first-order valence-electron chi connectivity index (χ1n) is 7.99. The van der Waals surface area contributed by atoms with Gasteiger partial charge in [-0.15, -0.1) is 0 Å². The highest BCUT2D eigenvalue weighted by atomic mass is 16.4. The summed E-state index contributed by atoms with van der Waals surface area (Å²) >= 11 is 0. The van der Waals surface area contributed by atoms with Crippen LogP contribution in [0.5, 0.6) is 0 Å². The lowest BCUT2D eigenvalue weighted by atomic mass is 9.90. The smallest absolute Gasteiger partial charge is 0.196 e. The number of anilines is 2. The number of hydrogen-bond donors (Lipinski definition) is 3. The van der Waals surface area contributed by atoms with Crippen molar-refractivity contribution in [3.05, 3.63) is 89.5 Å². The first-order valence-corrected chi connectivity index (χ1v) is 7.99. The number of carboxylic acids is 1. The maximum Gasteiger partial charge on any atom is 0.196 e. The second-order valence-corrected chi connectivity index (χ2v) is 5.73. The molecule has 0 aromatic heterocycles. The molecule has 0 saturated heterocycles. The van der Waals surface area contributed by atoms with Crippen LogP contribution < -0.4 is 22.0 Å². The molecule has 0 spiro atoms. The van der Waals surface area contributed by atoms with Gasteiger partial charge in [-0.05, 0) is 65.6 Å². The van der Waals surface area contributed by atoms with Crippen molar-refractivity contribution in [2.75, 3.05) is 11.5 Å². The molecule has 26 heavy (non-hydrogen) atoms. The number of hydrogen-bond acceptors (Lipinski definition) is 4. The first-order chi connectivity index (χ1) is 12.4. The zero-order valence-electron chi connectivity index (χ0n) is 14.5. The van der Waals surface area contributed by atoms with Gasteiger partial charge >= 0.3 is 0 Å². The molecule has 0 heterocycles. The SMILES string of the molecule is CC(=O)[O-].Nc1ccc(C(=C2C=CC(=[NH2+])C=C2)c2ccc(N)cc2)cc1. The molecule has 0 aliphatic heterocycles. The van der Waals surface area contributed by atoms with E-state index in [0.717, 1.165) is 46.3 Å². The van der Waals surface area contributed by atoms with Crippen molar-refractivity contribution in [2.45, 2.75) is 6.92 Å². The van der Waals surface area contributed by atoms with Crippen molar-refractivity contribution in [2.24, 2.45) is 0 Å². The minimum atomic E-state index is -1.08. The highest BCUT2D eigenvalue weighted by molar-refractivity contribution is 6.03. The maximum absolute atomic E-state index is 8.89. The zero-order chi connectivity index (χ0) is 19.1. The molecule has 2 aromatic rings. The summed E-state index contributed by atoms with van der Waals surface area (Å²) in [6, 6.07) is 15.7. The van der Waals surface area contributed by atoms with Gasteiger partial charge in [-0.2, -0.15) is 0 Å². The van der Waals surface area contributed by atoms with Gasteiger partial charge in [0.2, 0.25) is 0 Å². The Hall–Kier alpha value is -3.60. The Kier molecular flexibility index (Phi) is 6.11. The Bertz CT molecular complexity index is 820. The van der Waals surface area contributed by atoms with Gasteiger partial charge in [0.05, 0.1) is 0 Å². The van der Waals surface area contributed by atoms with Crippen molar-refractivity contribution in [1.82, 2.24) is 0 Å². The van der Waals surface area contributed by atoms with Crippen LogP contribution in [0.15, 0.2) is 78.4 Å². The van der Waals surface area contributed by atoms with Crippen LogP contribution in [0, 0.1) is 0 Å². The summed E-state index contributed by atoms with van der Waals surface area (Å²) < 4.78 is 0. The summed E-state index contributed by atoms with van der Waals surface area (Å²) in [6.07, 6.45) is 7.86. The third kappa shape index (κ3) is 5.21. The monoisotopic (exact) mass is 347 g/mol. The lowest BCUT2D eigenvalue weighted by Crippen LogP contribution is -2.37. The van der Waals surface area contributed by atoms with E-state index in [1.54, 1.807) is 0 Å². The minimum Gasteiger partial charge on any atom is -0.550 e. The number of benzene rings is 2. The fourth-order valence-corrected chi connectivity index (χ4v) is 2.45. The van der Waals surface area contributed by atoms with Crippen LogP contribution in [-0.4, -0.2) is 11.7 Å². The van der Waals surface area contributed by atoms with E-state index in [9.17, 15) is 0 Å². The molecule has 5 heteroatoms. The number of carbonyl (C=O) groups excluding carboxylic acids is 1. The number of carboxylic acid groups (broad SMARTS) is 1. The molecule has 0 saturated carbocycles. The zero-order valence-corrected chi connectivity index (χ0v) is 14.5. The predicted molar refractivity (Wildman–Crippen MR) is 104 cm³/mol. The summed E-state index contributed by atoms with van der Waals surface area (Å²) in [6.45, 7) is 0.972. The van der Waals surface area contributed by atoms with E-state index in [1.807, 2.05) is 72.8 Å². The van der Waals surface area contributed by atoms with Gasteiger partial charge in [0.1, 0.15) is 0 Å². The van der Waals surface area contributed by atoms with Gasteiger partial charge in [0.15, 0.2) is 5.71 Å². The first kappa shape index (κ1) is 18.7. The topological polar surface area (TPSA) is 118 Å². The van der Waals surface area contributed by atoms with E-state index in [-0.39, 0.29) is 0 Å². The fourth-order valence-electron chi connectivity index (χ4n) is 2.45. The van der Waals surface area contributed by atoms with Crippen LogP contribution in [0.4, 0.5) is 11.4 Å². The van der Waals surface area contributed by atoms with E-state index >= 15 is 0 Å². The largest absolute Gasteiger partial charge is 0.550 e. The van der Waals surface area contributed by atoms with E-state index in [4.69, 9.17) is 26.8 Å². The standard InChI is InChI=1S/C19H17N3.C2H4O2/c20-16-7-1-13(2-8-16)19(14-3-9-17(21)10-4-14)15-5-11-18(22)12-6-15;1-2(3)4/h1-12,20H,21-22H2;1H3,(H,3,4). The molecule has 2 aromatic carbocycles. The summed E-state index contributed by atoms with van der Waals surface area (Å²) in [7, 11) is 0. The van der Waals surface area contributed by atoms with E-state index in [1.165, 1.54) is 0 Å². The lowest BCUT2D eigenvalue weighted by molar-refractivity contribution is -0.302. The molecule has 0 atom stereocenters. The Morgan fingerprint density at radius 1 is 0.808 bits per heavy atom. The van der Waals surface area contributed by atoms with Crippen molar-refractivity contribution >= 4 is 28.6 Å². The van der Waals surface area contributed by atoms with E-state index in [0.29, 0.717) is 0 Å². The van der Waals surface area contributed by atoms with Crippen LogP contribution in [-0.2, 0) is 4.79 Å². The van der Waals surface area contributed by atoms with Crippen LogP contribution >= 0.6 is 0 Å². The molecule has 0 amide bonds. The average molecular weight is 347 g/mol. The van der Waals surface area contributed by atoms with E-state index in [2.05, 4.69) is 0 Å². The molecule has 3 rings (SSSR count). The summed E-state index contributed by atoms with van der Waals surface area (Å²) in [5.74, 6) is -1.08. The highest BCUT2D eigenvalue weighted by Gasteiger charge is 2.11. The molecular formula is C21H21N3O2. The Labute approximate surface area is 152 Å². The Balaban J connectivity index is 0.000000552. The van der Waals surface area contributed by atoms with Crippen molar-refractivity contribution < 1.29 is 15.3 Å². The fraction of sp³-hybridized carbons (Fsp3) is 0.0476. The molecule has 132 valence electrons. The third-order valence-electron chi connectivity index (χ3n) is 3.60. The quantitative estimate of drug-likeness (QED) is 0.694. The van der Waals surface area contributed by atoms with Crippen LogP contribution in [0.3, 0.4) is 0 Å². The van der Waals surface area contributed by atoms with Crippen LogP contribution in [0.2, 0.25) is 0 Å². The van der Waals surface area contributed by atoms with Crippen molar-refractivity contribution in [1.29, 1.82) is 0 Å². The van der Waals surface area contributed by atoms with Gasteiger partial charge in [0, 0.05) is 29.5 Å². The van der Waals surface area contributed by atoms with Gasteiger partial charge in [-0.3, -0.25) is 5.41 Å². The molecule has 1 aliphatic carbocycles. The third-order valence-corrected chi connectivity index (χ3v) is 3.60. The van der Waals surface area contributed by atoms with Crippen LogP contribution in [0.25, 0.3) is 5.57 Å². The van der Waals surface area contributed by atoms with Gasteiger partial charge in [0.25, 0.3) is 0 Å². The predicted octanol–water partition coefficient (Wildman–Crippen LogP) is 0.735. The van der Waals surface area contributed by atoms with Gasteiger partial charge < -0.3 is 21.4 Å². The molecule has 0 bridgehead atoms. The van der Waals surface area contributed by atoms with Crippen molar-refractivity contribution in [3.63, 3.8) is 0 Å². The number of nitrogens with two attached hydrogens (primary N) is 3. The number of allylic oxidation sites excluding steroid dienone is 5. The minimum absolute atomic E-state index is 0.748. The Morgan fingerprint density at radius 3 is 1.50 bits per heavy atom. The molecule has 1 aliphatic rings. The van der Waals surface area contributed by atoms with E-state index < -0.39 is 5.97 Å². The second kappa shape index (κ2) is 8.48. The second-order valence-electron chi connectivity index (χ2n) is 5.73. The number of rotatable bonds is 2. The summed E-state index contributed by atoms with van der Waals surface area (Å²) in [5.41, 5.74) is 18.3. The molecule has 0 fully saturated rings. The highest BCUT2D eigenvalue weighted by Crippen LogP contribution is 2.30. The number of aliphatic carboxylic acids is 1. The molecule has 0 unspecified atom stereocenters. The molecule has 5 nitrogen and oxygen atoms in total. The summed E-state index contributed by atoms with van der Waals surface area (Å²) in [4.78, 5) is 8.89. The average Bonchev–Trinajstić information content (AvgIpc) is 2.60.